The lowest BCUT2D eigenvalue weighted by Crippen LogP contribution is -2.12. The van der Waals surface area contributed by atoms with Crippen LogP contribution in [-0.2, 0) is 0 Å². The van der Waals surface area contributed by atoms with E-state index in [9.17, 15) is 4.79 Å². The van der Waals surface area contributed by atoms with Crippen molar-refractivity contribution in [3.8, 4) is 0 Å². The predicted octanol–water partition coefficient (Wildman–Crippen LogP) is 4.10. The molecule has 20 heavy (non-hydrogen) atoms. The number of hydrogen-bond donors (Lipinski definition) is 2. The minimum atomic E-state index is -0.0893. The number of benzene rings is 2. The van der Waals surface area contributed by atoms with E-state index in [0.717, 1.165) is 11.4 Å². The highest BCUT2D eigenvalue weighted by Crippen LogP contribution is 2.19. The van der Waals surface area contributed by atoms with Crippen LogP contribution in [0.3, 0.4) is 0 Å². The number of nitrogens with one attached hydrogen (secondary N) is 2. The van der Waals surface area contributed by atoms with E-state index in [-0.39, 0.29) is 5.91 Å². The summed E-state index contributed by atoms with van der Waals surface area (Å²) >= 11 is 0. The molecule has 3 nitrogen and oxygen atoms in total. The number of anilines is 2. The molecule has 2 aromatic rings. The SMILES string of the molecule is CNc1ccc(C(=O)Nc2cccc(C(C)C)c2)cc1. The van der Waals surface area contributed by atoms with Gasteiger partial charge >= 0.3 is 0 Å². The summed E-state index contributed by atoms with van der Waals surface area (Å²) in [4.78, 5) is 12.2. The van der Waals surface area contributed by atoms with E-state index in [2.05, 4.69) is 30.5 Å². The highest BCUT2D eigenvalue weighted by atomic mass is 16.1. The topological polar surface area (TPSA) is 41.1 Å². The molecular formula is C17H20N2O. The average molecular weight is 268 g/mol. The van der Waals surface area contributed by atoms with Gasteiger partial charge in [-0.05, 0) is 47.9 Å². The molecule has 0 atom stereocenters. The fraction of sp³-hybridized carbons (Fsp3) is 0.235. The molecule has 0 fully saturated rings. The van der Waals surface area contributed by atoms with Gasteiger partial charge in [0.05, 0.1) is 0 Å². The van der Waals surface area contributed by atoms with Crippen molar-refractivity contribution in [1.82, 2.24) is 0 Å². The number of hydrogen-bond acceptors (Lipinski definition) is 2. The minimum absolute atomic E-state index is 0.0893. The van der Waals surface area contributed by atoms with E-state index in [1.54, 1.807) is 0 Å². The van der Waals surface area contributed by atoms with E-state index < -0.39 is 0 Å². The highest BCUT2D eigenvalue weighted by Gasteiger charge is 2.07. The zero-order valence-electron chi connectivity index (χ0n) is 12.1. The van der Waals surface area contributed by atoms with Crippen molar-refractivity contribution in [3.63, 3.8) is 0 Å². The lowest BCUT2D eigenvalue weighted by molar-refractivity contribution is 0.102. The fourth-order valence-electron chi connectivity index (χ4n) is 1.97. The minimum Gasteiger partial charge on any atom is -0.388 e. The van der Waals surface area contributed by atoms with Crippen molar-refractivity contribution in [2.24, 2.45) is 0 Å². The maximum Gasteiger partial charge on any atom is 0.255 e. The van der Waals surface area contributed by atoms with Crippen molar-refractivity contribution < 1.29 is 4.79 Å². The van der Waals surface area contributed by atoms with Gasteiger partial charge in [-0.25, -0.2) is 0 Å². The van der Waals surface area contributed by atoms with Gasteiger partial charge in [0.25, 0.3) is 5.91 Å². The van der Waals surface area contributed by atoms with Gasteiger partial charge < -0.3 is 10.6 Å². The monoisotopic (exact) mass is 268 g/mol. The first-order valence-electron chi connectivity index (χ1n) is 6.79. The quantitative estimate of drug-likeness (QED) is 0.876. The standard InChI is InChI=1S/C17H20N2O/c1-12(2)14-5-4-6-16(11-14)19-17(20)13-7-9-15(18-3)10-8-13/h4-12,18H,1-3H3,(H,19,20). The molecule has 0 aromatic heterocycles. The Labute approximate surface area is 120 Å². The second-order valence-electron chi connectivity index (χ2n) is 5.06. The Morgan fingerprint density at radius 1 is 1.00 bits per heavy atom. The van der Waals surface area contributed by atoms with Crippen molar-refractivity contribution in [3.05, 3.63) is 59.7 Å². The van der Waals surface area contributed by atoms with Crippen LogP contribution >= 0.6 is 0 Å². The Kier molecular flexibility index (Phi) is 4.41. The Bertz CT molecular complexity index is 588. The molecule has 0 bridgehead atoms. The number of carbonyl (C=O) groups excluding carboxylic acids is 1. The van der Waals surface area contributed by atoms with Crippen LogP contribution in [0.25, 0.3) is 0 Å². The second kappa shape index (κ2) is 6.24. The zero-order valence-corrected chi connectivity index (χ0v) is 12.1. The van der Waals surface area contributed by atoms with Crippen LogP contribution in [0.2, 0.25) is 0 Å². The normalized spacial score (nSPS) is 10.4. The molecule has 2 N–H and O–H groups in total. The number of rotatable bonds is 4. The second-order valence-corrected chi connectivity index (χ2v) is 5.06. The summed E-state index contributed by atoms with van der Waals surface area (Å²) in [6.45, 7) is 4.27. The van der Waals surface area contributed by atoms with Gasteiger partial charge in [-0.2, -0.15) is 0 Å². The van der Waals surface area contributed by atoms with E-state index in [1.165, 1.54) is 5.56 Å². The third-order valence-corrected chi connectivity index (χ3v) is 3.25. The Hall–Kier alpha value is -2.29. The highest BCUT2D eigenvalue weighted by molar-refractivity contribution is 6.04. The smallest absolute Gasteiger partial charge is 0.255 e. The van der Waals surface area contributed by atoms with Gasteiger partial charge in [-0.15, -0.1) is 0 Å². The van der Waals surface area contributed by atoms with Gasteiger partial charge in [-0.3, -0.25) is 4.79 Å². The summed E-state index contributed by atoms with van der Waals surface area (Å²) < 4.78 is 0. The molecule has 0 saturated heterocycles. The molecular weight excluding hydrogens is 248 g/mol. The molecule has 3 heteroatoms. The lowest BCUT2D eigenvalue weighted by atomic mass is 10.0. The van der Waals surface area contributed by atoms with Gasteiger partial charge in [0, 0.05) is 24.0 Å². The van der Waals surface area contributed by atoms with E-state index in [1.807, 2.05) is 49.5 Å². The van der Waals surface area contributed by atoms with Gasteiger partial charge in [0.15, 0.2) is 0 Å². The van der Waals surface area contributed by atoms with Crippen LogP contribution in [0.1, 0.15) is 35.7 Å². The molecule has 0 aliphatic heterocycles. The first-order chi connectivity index (χ1) is 9.60. The largest absolute Gasteiger partial charge is 0.388 e. The maximum atomic E-state index is 12.2. The molecule has 1 amide bonds. The van der Waals surface area contributed by atoms with E-state index in [4.69, 9.17) is 0 Å². The number of amides is 1. The first kappa shape index (κ1) is 14.1. The number of carbonyl (C=O) groups is 1. The molecule has 2 rings (SSSR count). The average Bonchev–Trinajstić information content (AvgIpc) is 2.47. The fourth-order valence-corrected chi connectivity index (χ4v) is 1.97. The Morgan fingerprint density at radius 3 is 2.30 bits per heavy atom. The summed E-state index contributed by atoms with van der Waals surface area (Å²) in [5, 5.41) is 5.96. The van der Waals surface area contributed by atoms with Crippen LogP contribution in [0.15, 0.2) is 48.5 Å². The maximum absolute atomic E-state index is 12.2. The summed E-state index contributed by atoms with van der Waals surface area (Å²) in [5.74, 6) is 0.357. The van der Waals surface area contributed by atoms with Crippen molar-refractivity contribution in [2.45, 2.75) is 19.8 Å². The molecule has 0 saturated carbocycles. The predicted molar refractivity (Wildman–Crippen MR) is 84.5 cm³/mol. The van der Waals surface area contributed by atoms with Gasteiger partial charge in [0.1, 0.15) is 0 Å². The van der Waals surface area contributed by atoms with Crippen LogP contribution in [-0.4, -0.2) is 13.0 Å². The molecule has 0 unspecified atom stereocenters. The third-order valence-electron chi connectivity index (χ3n) is 3.25. The van der Waals surface area contributed by atoms with E-state index in [0.29, 0.717) is 11.5 Å². The molecule has 104 valence electrons. The van der Waals surface area contributed by atoms with Crippen molar-refractivity contribution in [2.75, 3.05) is 17.7 Å². The van der Waals surface area contributed by atoms with Crippen molar-refractivity contribution >= 4 is 17.3 Å². The van der Waals surface area contributed by atoms with Crippen molar-refractivity contribution in [1.29, 1.82) is 0 Å². The first-order valence-corrected chi connectivity index (χ1v) is 6.79. The van der Waals surface area contributed by atoms with Gasteiger partial charge in [0.2, 0.25) is 0 Å². The summed E-state index contributed by atoms with van der Waals surface area (Å²) in [6, 6.07) is 15.4. The molecule has 0 aliphatic carbocycles. The summed E-state index contributed by atoms with van der Waals surface area (Å²) in [5.41, 5.74) is 3.69. The summed E-state index contributed by atoms with van der Waals surface area (Å²) in [7, 11) is 1.85. The Balaban J connectivity index is 2.12. The molecule has 2 aromatic carbocycles. The summed E-state index contributed by atoms with van der Waals surface area (Å²) in [6.07, 6.45) is 0. The molecule has 0 heterocycles. The van der Waals surface area contributed by atoms with Crippen LogP contribution in [0, 0.1) is 0 Å². The molecule has 0 spiro atoms. The van der Waals surface area contributed by atoms with Crippen LogP contribution in [0.4, 0.5) is 11.4 Å². The third kappa shape index (κ3) is 3.38. The molecule has 0 aliphatic rings. The van der Waals surface area contributed by atoms with Gasteiger partial charge in [-0.1, -0.05) is 26.0 Å². The zero-order chi connectivity index (χ0) is 14.5. The molecule has 0 radical (unpaired) electrons. The Morgan fingerprint density at radius 2 is 1.70 bits per heavy atom. The lowest BCUT2D eigenvalue weighted by Gasteiger charge is -2.10. The van der Waals surface area contributed by atoms with E-state index >= 15 is 0 Å². The van der Waals surface area contributed by atoms with Crippen LogP contribution < -0.4 is 10.6 Å². The van der Waals surface area contributed by atoms with Crippen LogP contribution in [0.5, 0.6) is 0 Å².